The molecule has 2 aliphatic rings. The van der Waals surface area contributed by atoms with Gasteiger partial charge in [0.25, 0.3) is 0 Å². The van der Waals surface area contributed by atoms with Gasteiger partial charge in [0, 0.05) is 25.0 Å². The second kappa shape index (κ2) is 11.1. The third-order valence-electron chi connectivity index (χ3n) is 6.58. The van der Waals surface area contributed by atoms with Crippen LogP contribution in [0.2, 0.25) is 0 Å². The molecule has 1 aliphatic carbocycles. The maximum Gasteiger partial charge on any atom is 0.416 e. The highest BCUT2D eigenvalue weighted by molar-refractivity contribution is 7.89. The number of hydrogen-bond donors (Lipinski definition) is 1. The zero-order valence-corrected chi connectivity index (χ0v) is 22.4. The van der Waals surface area contributed by atoms with Crippen molar-refractivity contribution in [1.29, 1.82) is 0 Å². The standard InChI is InChI=1S/C24H31F6N3O5S/c1-22(2,3)38-21(35)32-12-13-33(19(14-32)24(28,29)30)20(34)15-4-8-17(9-5-15)31-39(36,37)18-10-6-16(7-11-18)23(25,26)27/h6-7,10-11,15,17,19,31H,4-5,8-9,12-14H2,1-3H3/t15-,17-,19-/m1/s1. The largest absolute Gasteiger partial charge is 0.444 e. The second-order valence-electron chi connectivity index (χ2n) is 10.7. The zero-order valence-electron chi connectivity index (χ0n) is 21.6. The maximum absolute atomic E-state index is 13.9. The van der Waals surface area contributed by atoms with Gasteiger partial charge in [-0.2, -0.15) is 26.3 Å². The van der Waals surface area contributed by atoms with Gasteiger partial charge in [-0.05, 0) is 70.7 Å². The molecule has 1 saturated heterocycles. The molecule has 2 amide bonds. The van der Waals surface area contributed by atoms with Crippen molar-refractivity contribution < 1.29 is 49.1 Å². The number of nitrogens with zero attached hydrogens (tertiary/aromatic N) is 2. The first-order chi connectivity index (χ1) is 17.8. The van der Waals surface area contributed by atoms with E-state index in [1.54, 1.807) is 20.8 Å². The maximum atomic E-state index is 13.9. The third-order valence-corrected chi connectivity index (χ3v) is 8.12. The summed E-state index contributed by atoms with van der Waals surface area (Å²) in [5.41, 5.74) is -1.89. The molecule has 1 saturated carbocycles. The van der Waals surface area contributed by atoms with Crippen molar-refractivity contribution in [1.82, 2.24) is 14.5 Å². The Hall–Kier alpha value is -2.55. The van der Waals surface area contributed by atoms with Crippen LogP contribution >= 0.6 is 0 Å². The molecule has 0 bridgehead atoms. The number of benzene rings is 1. The molecule has 15 heteroatoms. The summed E-state index contributed by atoms with van der Waals surface area (Å²) < 4.78 is 113. The lowest BCUT2D eigenvalue weighted by Crippen LogP contribution is -2.63. The smallest absolute Gasteiger partial charge is 0.416 e. The minimum atomic E-state index is -4.79. The van der Waals surface area contributed by atoms with E-state index in [9.17, 15) is 44.3 Å². The number of hydrogen-bond acceptors (Lipinski definition) is 5. The lowest BCUT2D eigenvalue weighted by Gasteiger charge is -2.43. The molecule has 220 valence electrons. The van der Waals surface area contributed by atoms with Gasteiger partial charge < -0.3 is 14.5 Å². The van der Waals surface area contributed by atoms with E-state index in [1.165, 1.54) is 0 Å². The van der Waals surface area contributed by atoms with E-state index in [-0.39, 0.29) is 43.7 Å². The molecule has 0 unspecified atom stereocenters. The van der Waals surface area contributed by atoms with Gasteiger partial charge in [0.15, 0.2) is 0 Å². The van der Waals surface area contributed by atoms with E-state index < -0.39 is 70.1 Å². The summed E-state index contributed by atoms with van der Waals surface area (Å²) in [6, 6.07) is 0.155. The van der Waals surface area contributed by atoms with Gasteiger partial charge in [-0.1, -0.05) is 0 Å². The Kier molecular flexibility index (Phi) is 8.85. The predicted molar refractivity (Wildman–Crippen MR) is 127 cm³/mol. The van der Waals surface area contributed by atoms with Crippen LogP contribution in [0.25, 0.3) is 0 Å². The molecular formula is C24H31F6N3O5S. The van der Waals surface area contributed by atoms with Crippen molar-refractivity contribution in [2.45, 2.75) is 81.4 Å². The van der Waals surface area contributed by atoms with Gasteiger partial charge in [-0.3, -0.25) is 4.79 Å². The Morgan fingerprint density at radius 3 is 1.97 bits per heavy atom. The zero-order chi connectivity index (χ0) is 29.4. The van der Waals surface area contributed by atoms with Gasteiger partial charge in [0.2, 0.25) is 15.9 Å². The highest BCUT2D eigenvalue weighted by Gasteiger charge is 2.50. The molecule has 1 heterocycles. The predicted octanol–water partition coefficient (Wildman–Crippen LogP) is 4.55. The van der Waals surface area contributed by atoms with E-state index in [0.29, 0.717) is 12.1 Å². The van der Waals surface area contributed by atoms with E-state index in [1.807, 2.05) is 0 Å². The highest BCUT2D eigenvalue weighted by Crippen LogP contribution is 2.34. The summed E-state index contributed by atoms with van der Waals surface area (Å²) in [5.74, 6) is -1.49. The number of carbonyl (C=O) groups is 2. The average molecular weight is 588 g/mol. The Morgan fingerprint density at radius 1 is 0.923 bits per heavy atom. The Balaban J connectivity index is 1.61. The molecule has 8 nitrogen and oxygen atoms in total. The number of alkyl halides is 6. The van der Waals surface area contributed by atoms with Crippen LogP contribution in [0.5, 0.6) is 0 Å². The molecule has 1 aliphatic heterocycles. The molecule has 0 radical (unpaired) electrons. The van der Waals surface area contributed by atoms with Crippen LogP contribution in [0.4, 0.5) is 31.1 Å². The van der Waals surface area contributed by atoms with Crippen LogP contribution in [0.1, 0.15) is 52.0 Å². The first-order valence-electron chi connectivity index (χ1n) is 12.3. The molecule has 1 atom stereocenters. The van der Waals surface area contributed by atoms with Crippen molar-refractivity contribution in [3.05, 3.63) is 29.8 Å². The van der Waals surface area contributed by atoms with Gasteiger partial charge in [-0.25, -0.2) is 17.9 Å². The first kappa shape index (κ1) is 31.0. The molecule has 1 aromatic rings. The second-order valence-corrected chi connectivity index (χ2v) is 12.4. The van der Waals surface area contributed by atoms with Gasteiger partial charge in [0.05, 0.1) is 17.0 Å². The van der Waals surface area contributed by atoms with Crippen molar-refractivity contribution in [2.75, 3.05) is 19.6 Å². The summed E-state index contributed by atoms with van der Waals surface area (Å²) in [6.45, 7) is 3.55. The number of nitrogens with one attached hydrogen (secondary N) is 1. The fourth-order valence-corrected chi connectivity index (χ4v) is 5.93. The van der Waals surface area contributed by atoms with E-state index >= 15 is 0 Å². The molecule has 3 rings (SSSR count). The topological polar surface area (TPSA) is 96.0 Å². The quantitative estimate of drug-likeness (QED) is 0.522. The Morgan fingerprint density at radius 2 is 1.49 bits per heavy atom. The number of piperazine rings is 1. The molecule has 0 spiro atoms. The number of ether oxygens (including phenoxy) is 1. The lowest BCUT2D eigenvalue weighted by atomic mass is 9.85. The molecule has 0 aromatic heterocycles. The minimum Gasteiger partial charge on any atom is -0.444 e. The lowest BCUT2D eigenvalue weighted by molar-refractivity contribution is -0.201. The van der Waals surface area contributed by atoms with Gasteiger partial charge >= 0.3 is 18.4 Å². The summed E-state index contributed by atoms with van der Waals surface area (Å²) in [7, 11) is -4.15. The van der Waals surface area contributed by atoms with E-state index in [4.69, 9.17) is 4.74 Å². The van der Waals surface area contributed by atoms with Crippen LogP contribution in [-0.4, -0.2) is 73.7 Å². The molecule has 39 heavy (non-hydrogen) atoms. The van der Waals surface area contributed by atoms with Crippen LogP contribution in [0.3, 0.4) is 0 Å². The monoisotopic (exact) mass is 587 g/mol. The fourth-order valence-electron chi connectivity index (χ4n) is 4.62. The van der Waals surface area contributed by atoms with Gasteiger partial charge in [0.1, 0.15) is 11.6 Å². The molecule has 2 fully saturated rings. The van der Waals surface area contributed by atoms with E-state index in [0.717, 1.165) is 21.9 Å². The Labute approximate surface area is 222 Å². The average Bonchev–Trinajstić information content (AvgIpc) is 2.81. The Bertz CT molecular complexity index is 1140. The van der Waals surface area contributed by atoms with Gasteiger partial charge in [-0.15, -0.1) is 0 Å². The van der Waals surface area contributed by atoms with Crippen molar-refractivity contribution >= 4 is 22.0 Å². The van der Waals surface area contributed by atoms with Crippen molar-refractivity contribution in [3.8, 4) is 0 Å². The minimum absolute atomic E-state index is 0.121. The first-order valence-corrected chi connectivity index (χ1v) is 13.8. The van der Waals surface area contributed by atoms with Crippen LogP contribution in [0, 0.1) is 5.92 Å². The number of amides is 2. The number of carbonyl (C=O) groups excluding carboxylic acids is 2. The van der Waals surface area contributed by atoms with Crippen LogP contribution in [-0.2, 0) is 25.7 Å². The summed E-state index contributed by atoms with van der Waals surface area (Å²) in [6.07, 6.45) is -9.75. The van der Waals surface area contributed by atoms with E-state index in [2.05, 4.69) is 4.72 Å². The molecule has 1 N–H and O–H groups in total. The summed E-state index contributed by atoms with van der Waals surface area (Å²) >= 11 is 0. The normalized spacial score (nSPS) is 23.5. The summed E-state index contributed by atoms with van der Waals surface area (Å²) in [5, 5.41) is 0. The van der Waals surface area contributed by atoms with Crippen LogP contribution < -0.4 is 4.72 Å². The molecule has 1 aromatic carbocycles. The number of sulfonamides is 1. The third kappa shape index (κ3) is 7.99. The SMILES string of the molecule is CC(C)(C)OC(=O)N1CCN(C(=O)[C@H]2CC[C@H](NS(=O)(=O)c3ccc(C(F)(F)F)cc3)CC2)[C@@H](C(F)(F)F)C1. The van der Waals surface area contributed by atoms with Crippen LogP contribution in [0.15, 0.2) is 29.2 Å². The highest BCUT2D eigenvalue weighted by atomic mass is 32.2. The number of halogens is 6. The fraction of sp³-hybridized carbons (Fsp3) is 0.667. The molecular weight excluding hydrogens is 556 g/mol. The summed E-state index contributed by atoms with van der Waals surface area (Å²) in [4.78, 5) is 26.7. The van der Waals surface area contributed by atoms with Crippen molar-refractivity contribution in [3.63, 3.8) is 0 Å². The van der Waals surface area contributed by atoms with Crippen molar-refractivity contribution in [2.24, 2.45) is 5.92 Å². The number of rotatable bonds is 4.